The molecule has 0 aromatic carbocycles. The molecule has 9 heteroatoms. The zero-order chi connectivity index (χ0) is 15.8. The van der Waals surface area contributed by atoms with E-state index in [0.29, 0.717) is 6.42 Å². The molecule has 0 radical (unpaired) electrons. The van der Waals surface area contributed by atoms with Crippen molar-refractivity contribution in [1.82, 2.24) is 10.7 Å². The minimum atomic E-state index is -1.15. The van der Waals surface area contributed by atoms with Crippen molar-refractivity contribution in [2.24, 2.45) is 10.8 Å². The molecule has 1 amide bonds. The molecule has 114 valence electrons. The Balaban J connectivity index is 4.24. The van der Waals surface area contributed by atoms with Gasteiger partial charge in [-0.05, 0) is 45.8 Å². The molecule has 5 N–H and O–H groups in total. The minimum absolute atomic E-state index is 0.0166. The summed E-state index contributed by atoms with van der Waals surface area (Å²) in [5, 5.41) is 15.0. The summed E-state index contributed by atoms with van der Waals surface area (Å²) in [6.45, 7) is 5.07. The summed E-state index contributed by atoms with van der Waals surface area (Å²) in [7, 11) is 0. The van der Waals surface area contributed by atoms with Crippen molar-refractivity contribution < 1.29 is 19.4 Å². The second-order valence-electron chi connectivity index (χ2n) is 4.90. The van der Waals surface area contributed by atoms with E-state index >= 15 is 0 Å². The highest BCUT2D eigenvalue weighted by atomic mass is 32.1. The van der Waals surface area contributed by atoms with Gasteiger partial charge in [-0.1, -0.05) is 0 Å². The van der Waals surface area contributed by atoms with Crippen LogP contribution >= 0.6 is 12.2 Å². The molecule has 0 spiro atoms. The van der Waals surface area contributed by atoms with Gasteiger partial charge in [-0.25, -0.2) is 9.59 Å². The quantitative estimate of drug-likeness (QED) is 0.321. The maximum atomic E-state index is 11.5. The van der Waals surface area contributed by atoms with Gasteiger partial charge in [0.2, 0.25) is 0 Å². The molecule has 0 fully saturated rings. The van der Waals surface area contributed by atoms with Crippen LogP contribution in [0.3, 0.4) is 0 Å². The third-order valence-corrected chi connectivity index (χ3v) is 1.93. The van der Waals surface area contributed by atoms with Crippen molar-refractivity contribution in [2.75, 3.05) is 0 Å². The van der Waals surface area contributed by atoms with Crippen molar-refractivity contribution in [1.29, 1.82) is 0 Å². The van der Waals surface area contributed by atoms with E-state index in [0.717, 1.165) is 0 Å². The molecule has 0 aliphatic heterocycles. The summed E-state index contributed by atoms with van der Waals surface area (Å²) in [5.41, 5.74) is 6.80. The highest BCUT2D eigenvalue weighted by Gasteiger charge is 2.23. The van der Waals surface area contributed by atoms with Crippen molar-refractivity contribution >= 4 is 35.6 Å². The normalized spacial score (nSPS) is 12.8. The Morgan fingerprint density at radius 3 is 2.55 bits per heavy atom. The first-order chi connectivity index (χ1) is 9.11. The molecule has 0 unspecified atom stereocenters. The van der Waals surface area contributed by atoms with E-state index in [4.69, 9.17) is 15.6 Å². The number of carboxylic acid groups (broad SMARTS) is 1. The first-order valence-electron chi connectivity index (χ1n) is 5.91. The third kappa shape index (κ3) is 10.1. The minimum Gasteiger partial charge on any atom is -0.480 e. The third-order valence-electron chi connectivity index (χ3n) is 1.84. The van der Waals surface area contributed by atoms with Crippen LogP contribution in [0.25, 0.3) is 0 Å². The lowest BCUT2D eigenvalue weighted by atomic mass is 10.1. The van der Waals surface area contributed by atoms with Gasteiger partial charge < -0.3 is 20.9 Å². The Kier molecular flexibility index (Phi) is 7.52. The number of alkyl carbamates (subject to hydrolysis) is 1. The van der Waals surface area contributed by atoms with Crippen LogP contribution < -0.4 is 16.5 Å². The summed E-state index contributed by atoms with van der Waals surface area (Å²) >= 11 is 4.53. The lowest BCUT2D eigenvalue weighted by molar-refractivity contribution is -0.139. The number of amides is 1. The van der Waals surface area contributed by atoms with Gasteiger partial charge in [-0.2, -0.15) is 5.10 Å². The second-order valence-corrected chi connectivity index (χ2v) is 5.34. The number of rotatable bonds is 6. The molecular weight excluding hydrogens is 284 g/mol. The average molecular weight is 304 g/mol. The van der Waals surface area contributed by atoms with Gasteiger partial charge in [-0.15, -0.1) is 0 Å². The number of nitrogens with one attached hydrogen (secondary N) is 2. The molecule has 0 aromatic rings. The van der Waals surface area contributed by atoms with Crippen molar-refractivity contribution in [3.8, 4) is 0 Å². The predicted molar refractivity (Wildman–Crippen MR) is 78.4 cm³/mol. The molecule has 0 aromatic heterocycles. The van der Waals surface area contributed by atoms with Crippen LogP contribution in [-0.2, 0) is 9.53 Å². The standard InChI is InChI=1S/C11H20N4O4S/c1-11(2,3)19-10(18)14-7(8(16)17)5-4-6-13-15-9(12)20/h6-7H,4-5H2,1-3H3,(H,14,18)(H,16,17)(H3,12,15,20)/b13-6-/t7-/m0/s1. The Morgan fingerprint density at radius 2 is 2.10 bits per heavy atom. The van der Waals surface area contributed by atoms with Crippen LogP contribution in [0.1, 0.15) is 33.6 Å². The zero-order valence-electron chi connectivity index (χ0n) is 11.7. The van der Waals surface area contributed by atoms with Gasteiger partial charge in [0.05, 0.1) is 0 Å². The fourth-order valence-corrected chi connectivity index (χ4v) is 1.17. The van der Waals surface area contributed by atoms with E-state index in [-0.39, 0.29) is 11.5 Å². The molecule has 0 rings (SSSR count). The van der Waals surface area contributed by atoms with Crippen LogP contribution in [0.2, 0.25) is 0 Å². The molecule has 0 aliphatic carbocycles. The number of thiocarbonyl (C=S) groups is 1. The van der Waals surface area contributed by atoms with Gasteiger partial charge in [0.15, 0.2) is 5.11 Å². The Hall–Kier alpha value is -1.90. The van der Waals surface area contributed by atoms with E-state index < -0.39 is 23.7 Å². The molecule has 20 heavy (non-hydrogen) atoms. The van der Waals surface area contributed by atoms with Gasteiger partial charge in [0, 0.05) is 6.21 Å². The maximum absolute atomic E-state index is 11.5. The van der Waals surface area contributed by atoms with E-state index in [1.165, 1.54) is 6.21 Å². The number of carboxylic acids is 1. The number of nitrogens with two attached hydrogens (primary N) is 1. The number of hydrazone groups is 1. The number of carbonyl (C=O) groups is 2. The van der Waals surface area contributed by atoms with Crippen LogP contribution in [0, 0.1) is 0 Å². The largest absolute Gasteiger partial charge is 0.480 e. The number of nitrogens with zero attached hydrogens (tertiary/aromatic N) is 1. The highest BCUT2D eigenvalue weighted by molar-refractivity contribution is 7.80. The fourth-order valence-electron chi connectivity index (χ4n) is 1.12. The molecule has 0 saturated carbocycles. The molecule has 8 nitrogen and oxygen atoms in total. The second kappa shape index (κ2) is 8.31. The van der Waals surface area contributed by atoms with Gasteiger partial charge in [0.1, 0.15) is 11.6 Å². The number of aliphatic carboxylic acids is 1. The molecule has 0 bridgehead atoms. The van der Waals surface area contributed by atoms with E-state index in [1.54, 1.807) is 20.8 Å². The molecule has 1 atom stereocenters. The first kappa shape index (κ1) is 18.1. The maximum Gasteiger partial charge on any atom is 0.408 e. The average Bonchev–Trinajstić information content (AvgIpc) is 2.23. The number of carbonyl (C=O) groups excluding carboxylic acids is 1. The van der Waals surface area contributed by atoms with Crippen LogP contribution in [0.15, 0.2) is 5.10 Å². The van der Waals surface area contributed by atoms with Crippen LogP contribution in [-0.4, -0.2) is 40.1 Å². The van der Waals surface area contributed by atoms with Gasteiger partial charge >= 0.3 is 12.1 Å². The number of ether oxygens (including phenoxy) is 1. The Labute approximate surface area is 122 Å². The highest BCUT2D eigenvalue weighted by Crippen LogP contribution is 2.07. The SMILES string of the molecule is CC(C)(C)OC(=O)N[C@@H](CC/C=N\NC(N)=S)C(=O)O. The summed E-state index contributed by atoms with van der Waals surface area (Å²) in [5.74, 6) is -1.15. The Bertz CT molecular complexity index is 392. The first-order valence-corrected chi connectivity index (χ1v) is 6.32. The summed E-state index contributed by atoms with van der Waals surface area (Å²) < 4.78 is 4.98. The van der Waals surface area contributed by atoms with Crippen molar-refractivity contribution in [3.05, 3.63) is 0 Å². The van der Waals surface area contributed by atoms with E-state index in [2.05, 4.69) is 28.1 Å². The molecule has 0 heterocycles. The number of hydrogen-bond acceptors (Lipinski definition) is 5. The zero-order valence-corrected chi connectivity index (χ0v) is 12.5. The lowest BCUT2D eigenvalue weighted by Crippen LogP contribution is -2.43. The lowest BCUT2D eigenvalue weighted by Gasteiger charge is -2.21. The van der Waals surface area contributed by atoms with Crippen LogP contribution in [0.4, 0.5) is 4.79 Å². The van der Waals surface area contributed by atoms with Gasteiger partial charge in [-0.3, -0.25) is 5.43 Å². The van der Waals surface area contributed by atoms with Crippen molar-refractivity contribution in [2.45, 2.75) is 45.3 Å². The monoisotopic (exact) mass is 304 g/mol. The molecular formula is C11H20N4O4S. The Morgan fingerprint density at radius 1 is 1.50 bits per heavy atom. The van der Waals surface area contributed by atoms with E-state index in [9.17, 15) is 9.59 Å². The summed E-state index contributed by atoms with van der Waals surface area (Å²) in [6, 6.07) is -1.05. The summed E-state index contributed by atoms with van der Waals surface area (Å²) in [6.07, 6.45) is 1.13. The molecule has 0 saturated heterocycles. The van der Waals surface area contributed by atoms with E-state index in [1.807, 2.05) is 0 Å². The summed E-state index contributed by atoms with van der Waals surface area (Å²) in [4.78, 5) is 22.5. The van der Waals surface area contributed by atoms with Gasteiger partial charge in [0.25, 0.3) is 0 Å². The van der Waals surface area contributed by atoms with Crippen molar-refractivity contribution in [3.63, 3.8) is 0 Å². The number of hydrogen-bond donors (Lipinski definition) is 4. The fraction of sp³-hybridized carbons (Fsp3) is 0.636. The topological polar surface area (TPSA) is 126 Å². The van der Waals surface area contributed by atoms with Crippen LogP contribution in [0.5, 0.6) is 0 Å². The smallest absolute Gasteiger partial charge is 0.408 e. The molecule has 0 aliphatic rings. The predicted octanol–water partition coefficient (Wildman–Crippen LogP) is 0.564.